The van der Waals surface area contributed by atoms with Gasteiger partial charge in [0.1, 0.15) is 12.7 Å². The van der Waals surface area contributed by atoms with Crippen LogP contribution in [-0.4, -0.2) is 40.5 Å². The number of hydrogen-bond donors (Lipinski definition) is 0. The van der Waals surface area contributed by atoms with E-state index in [1.54, 1.807) is 37.3 Å². The molecule has 0 unspecified atom stereocenters. The summed E-state index contributed by atoms with van der Waals surface area (Å²) in [7, 11) is 0. The average molecular weight is 346 g/mol. The molecular weight excluding hydrogens is 331 g/mol. The molecule has 3 heterocycles. The van der Waals surface area contributed by atoms with Crippen molar-refractivity contribution in [2.45, 2.75) is 31.5 Å². The van der Waals surface area contributed by atoms with Crippen LogP contribution in [0.4, 0.5) is 4.39 Å². The Kier molecular flexibility index (Phi) is 3.76. The molecule has 4 rings (SSSR count). The second kappa shape index (κ2) is 5.96. The maximum Gasteiger partial charge on any atom is 0.338 e. The van der Waals surface area contributed by atoms with Gasteiger partial charge in [0.25, 0.3) is 5.56 Å². The molecule has 25 heavy (non-hydrogen) atoms. The highest BCUT2D eigenvalue weighted by Crippen LogP contribution is 2.40. The minimum atomic E-state index is -1.45. The zero-order valence-corrected chi connectivity index (χ0v) is 13.3. The number of fused-ring (bicyclic) bond motifs is 4. The van der Waals surface area contributed by atoms with Crippen molar-refractivity contribution in [2.24, 2.45) is 0 Å². The molecule has 0 saturated carbocycles. The Hall–Kier alpha value is -2.74. The predicted octanol–water partition coefficient (Wildman–Crippen LogP) is 1.41. The van der Waals surface area contributed by atoms with E-state index >= 15 is 0 Å². The molecule has 1 aromatic carbocycles. The van der Waals surface area contributed by atoms with E-state index in [-0.39, 0.29) is 12.6 Å². The fourth-order valence-electron chi connectivity index (χ4n) is 2.95. The van der Waals surface area contributed by atoms with Gasteiger partial charge in [0.15, 0.2) is 18.5 Å². The summed E-state index contributed by atoms with van der Waals surface area (Å²) in [5.74, 6) is -0.526. The molecule has 4 atom stereocenters. The largest absolute Gasteiger partial charge is 0.459 e. The third-order valence-corrected chi connectivity index (χ3v) is 4.26. The van der Waals surface area contributed by atoms with E-state index in [0.717, 1.165) is 0 Å². The molecule has 130 valence electrons. The molecule has 0 amide bonds. The minimum absolute atomic E-state index is 0.0105. The van der Waals surface area contributed by atoms with E-state index in [4.69, 9.17) is 14.2 Å². The minimum Gasteiger partial charge on any atom is -0.459 e. The summed E-state index contributed by atoms with van der Waals surface area (Å²) in [5.41, 5.74) is 0.322. The first kappa shape index (κ1) is 15.8. The van der Waals surface area contributed by atoms with E-state index in [1.807, 2.05) is 0 Å². The number of hydrogen-bond acceptors (Lipinski definition) is 6. The summed E-state index contributed by atoms with van der Waals surface area (Å²) < 4.78 is 32.2. The maximum atomic E-state index is 14.5. The van der Waals surface area contributed by atoms with Crippen LogP contribution >= 0.6 is 0 Å². The van der Waals surface area contributed by atoms with Crippen LogP contribution in [0.3, 0.4) is 0 Å². The fourth-order valence-corrected chi connectivity index (χ4v) is 2.95. The molecule has 7 nitrogen and oxygen atoms in total. The van der Waals surface area contributed by atoms with Crippen LogP contribution in [0.2, 0.25) is 0 Å². The first-order valence-electron chi connectivity index (χ1n) is 7.83. The van der Waals surface area contributed by atoms with Crippen molar-refractivity contribution >= 4 is 5.97 Å². The predicted molar refractivity (Wildman–Crippen MR) is 83.2 cm³/mol. The van der Waals surface area contributed by atoms with Crippen molar-refractivity contribution in [2.75, 3.05) is 6.61 Å². The zero-order valence-electron chi connectivity index (χ0n) is 13.3. The number of rotatable bonds is 3. The Morgan fingerprint density at radius 1 is 1.36 bits per heavy atom. The van der Waals surface area contributed by atoms with Crippen molar-refractivity contribution < 1.29 is 23.4 Å². The van der Waals surface area contributed by atoms with Crippen molar-refractivity contribution in [3.8, 4) is 6.01 Å². The summed E-state index contributed by atoms with van der Waals surface area (Å²) in [6.07, 6.45) is -2.72. The van der Waals surface area contributed by atoms with Gasteiger partial charge in [-0.3, -0.25) is 9.36 Å². The Morgan fingerprint density at radius 2 is 2.12 bits per heavy atom. The number of esters is 1. The number of benzene rings is 1. The smallest absolute Gasteiger partial charge is 0.338 e. The molecule has 0 N–H and O–H groups in total. The van der Waals surface area contributed by atoms with E-state index in [9.17, 15) is 14.0 Å². The van der Waals surface area contributed by atoms with Crippen molar-refractivity contribution in [3.05, 3.63) is 58.0 Å². The summed E-state index contributed by atoms with van der Waals surface area (Å²) in [6, 6.07) is 8.49. The van der Waals surface area contributed by atoms with Crippen LogP contribution in [-0.2, 0) is 9.47 Å². The van der Waals surface area contributed by atoms with Gasteiger partial charge < -0.3 is 14.2 Å². The van der Waals surface area contributed by atoms with Crippen LogP contribution in [0.25, 0.3) is 0 Å². The number of ether oxygens (including phenoxy) is 3. The molecule has 1 fully saturated rings. The van der Waals surface area contributed by atoms with Gasteiger partial charge in [-0.2, -0.15) is 4.98 Å². The Labute approximate surface area is 142 Å². The van der Waals surface area contributed by atoms with Crippen molar-refractivity contribution in [3.63, 3.8) is 0 Å². The second-order valence-corrected chi connectivity index (χ2v) is 5.98. The molecule has 1 saturated heterocycles. The molecule has 2 aliphatic rings. The third kappa shape index (κ3) is 2.68. The number of halogens is 1. The number of carbonyl (C=O) groups is 1. The number of carbonyl (C=O) groups excluding carboxylic acids is 1. The van der Waals surface area contributed by atoms with E-state index in [1.165, 1.54) is 10.8 Å². The average Bonchev–Trinajstić information content (AvgIpc) is 2.82. The number of alkyl halides is 1. The first-order valence-corrected chi connectivity index (χ1v) is 7.83. The first-order chi connectivity index (χ1) is 12.0. The summed E-state index contributed by atoms with van der Waals surface area (Å²) in [5, 5.41) is 0. The molecule has 0 spiro atoms. The number of aryl methyl sites for hydroxylation is 1. The standard InChI is InChI=1S/C17H15FN2O5/c1-9-7-20-15-12(18)13(25-17(20)19-14(9)21)11(24-15)8-23-16(22)10-5-3-2-4-6-10/h2-7,11-13,15H,8H2,1H3/t11-,12-,13+,15-/m0/s1. The zero-order chi connectivity index (χ0) is 17.6. The molecule has 2 aliphatic heterocycles. The van der Waals surface area contributed by atoms with E-state index in [0.29, 0.717) is 11.1 Å². The van der Waals surface area contributed by atoms with Crippen LogP contribution in [0.15, 0.2) is 41.3 Å². The molecule has 1 aromatic heterocycles. The van der Waals surface area contributed by atoms with E-state index < -0.39 is 36.1 Å². The Balaban J connectivity index is 1.50. The lowest BCUT2D eigenvalue weighted by Crippen LogP contribution is -2.41. The van der Waals surface area contributed by atoms with Gasteiger partial charge in [-0.15, -0.1) is 0 Å². The highest BCUT2D eigenvalue weighted by Gasteiger charge is 2.52. The maximum absolute atomic E-state index is 14.5. The van der Waals surface area contributed by atoms with Crippen LogP contribution in [0, 0.1) is 6.92 Å². The monoisotopic (exact) mass is 346 g/mol. The molecular formula is C17H15FN2O5. The summed E-state index contributed by atoms with van der Waals surface area (Å²) in [4.78, 5) is 27.5. The lowest BCUT2D eigenvalue weighted by Gasteiger charge is -2.27. The normalized spacial score (nSPS) is 26.6. The van der Waals surface area contributed by atoms with Gasteiger partial charge in [0.2, 0.25) is 0 Å². The van der Waals surface area contributed by atoms with E-state index in [2.05, 4.69) is 4.98 Å². The molecule has 2 aromatic rings. The van der Waals surface area contributed by atoms with Crippen molar-refractivity contribution in [1.29, 1.82) is 0 Å². The van der Waals surface area contributed by atoms with Crippen LogP contribution < -0.4 is 10.3 Å². The van der Waals surface area contributed by atoms with Crippen LogP contribution in [0.1, 0.15) is 22.1 Å². The molecule has 8 heteroatoms. The topological polar surface area (TPSA) is 79.7 Å². The van der Waals surface area contributed by atoms with Gasteiger partial charge in [0, 0.05) is 11.8 Å². The lowest BCUT2D eigenvalue weighted by molar-refractivity contribution is -0.0421. The summed E-state index contributed by atoms with van der Waals surface area (Å²) >= 11 is 0. The molecule has 0 aliphatic carbocycles. The molecule has 2 bridgehead atoms. The third-order valence-electron chi connectivity index (χ3n) is 4.26. The SMILES string of the molecule is Cc1cn2c(nc1=O)O[C@H]1[C@H](F)[C@@H]2O[C@H]1COC(=O)c1ccccc1. The summed E-state index contributed by atoms with van der Waals surface area (Å²) in [6.45, 7) is 1.42. The molecule has 0 radical (unpaired) electrons. The fraction of sp³-hybridized carbons (Fsp3) is 0.353. The van der Waals surface area contributed by atoms with Gasteiger partial charge in [-0.05, 0) is 19.1 Å². The van der Waals surface area contributed by atoms with Gasteiger partial charge in [-0.25, -0.2) is 9.18 Å². The van der Waals surface area contributed by atoms with Crippen LogP contribution in [0.5, 0.6) is 6.01 Å². The highest BCUT2D eigenvalue weighted by atomic mass is 19.1. The van der Waals surface area contributed by atoms with Gasteiger partial charge in [-0.1, -0.05) is 18.2 Å². The van der Waals surface area contributed by atoms with Crippen molar-refractivity contribution in [1.82, 2.24) is 9.55 Å². The second-order valence-electron chi connectivity index (χ2n) is 5.98. The van der Waals surface area contributed by atoms with Gasteiger partial charge in [0.05, 0.1) is 5.56 Å². The lowest BCUT2D eigenvalue weighted by atomic mass is 10.1. The number of nitrogens with zero attached hydrogens (tertiary/aromatic N) is 2. The quantitative estimate of drug-likeness (QED) is 0.782. The number of aromatic nitrogens is 2. The highest BCUT2D eigenvalue weighted by molar-refractivity contribution is 5.89. The Bertz CT molecular complexity index is 869. The Morgan fingerprint density at radius 3 is 2.88 bits per heavy atom. The van der Waals surface area contributed by atoms with Gasteiger partial charge >= 0.3 is 12.0 Å².